The SMILES string of the molecule is COC(=O)c1c(C)[nH]c(C(=O)[C@H](C)Sc2nnc([C@@H](C)N3CCCCC3)n2-c2ccccc2)c1C. The first-order valence-electron chi connectivity index (χ1n) is 12.1. The molecular weight excluding hydrogens is 462 g/mol. The van der Waals surface area contributed by atoms with Gasteiger partial charge in [0.25, 0.3) is 0 Å². The highest BCUT2D eigenvalue weighted by Crippen LogP contribution is 2.32. The number of nitrogens with one attached hydrogen (secondary N) is 1. The van der Waals surface area contributed by atoms with E-state index in [1.165, 1.54) is 38.1 Å². The number of aryl methyl sites for hydroxylation is 1. The van der Waals surface area contributed by atoms with Crippen LogP contribution in [0.5, 0.6) is 0 Å². The van der Waals surface area contributed by atoms with E-state index >= 15 is 0 Å². The Labute approximate surface area is 210 Å². The summed E-state index contributed by atoms with van der Waals surface area (Å²) in [6.07, 6.45) is 3.66. The second-order valence-electron chi connectivity index (χ2n) is 9.03. The third-order valence-electron chi connectivity index (χ3n) is 6.71. The lowest BCUT2D eigenvalue weighted by atomic mass is 10.1. The van der Waals surface area contributed by atoms with Crippen LogP contribution < -0.4 is 0 Å². The van der Waals surface area contributed by atoms with Gasteiger partial charge in [0.05, 0.1) is 29.7 Å². The van der Waals surface area contributed by atoms with Gasteiger partial charge in [0, 0.05) is 11.4 Å². The van der Waals surface area contributed by atoms with E-state index in [0.29, 0.717) is 27.7 Å². The van der Waals surface area contributed by atoms with Crippen molar-refractivity contribution in [3.05, 3.63) is 58.7 Å². The summed E-state index contributed by atoms with van der Waals surface area (Å²) < 4.78 is 6.96. The standard InChI is InChI=1S/C26H33N5O3S/c1-16-21(25(33)34-5)17(2)27-22(16)23(32)19(4)35-26-29-28-24(18(3)30-14-10-7-11-15-30)31(26)20-12-8-6-9-13-20/h6,8-9,12-13,18-19,27H,7,10-11,14-15H2,1-5H3/t18-,19+/m1/s1. The molecule has 0 radical (unpaired) electrons. The summed E-state index contributed by atoms with van der Waals surface area (Å²) in [5.74, 6) is 0.329. The Bertz CT molecular complexity index is 1200. The monoisotopic (exact) mass is 495 g/mol. The Balaban J connectivity index is 1.64. The molecular formula is C26H33N5O3S. The van der Waals surface area contributed by atoms with Gasteiger partial charge in [-0.15, -0.1) is 10.2 Å². The summed E-state index contributed by atoms with van der Waals surface area (Å²) in [6.45, 7) is 9.68. The van der Waals surface area contributed by atoms with Gasteiger partial charge < -0.3 is 9.72 Å². The van der Waals surface area contributed by atoms with E-state index < -0.39 is 11.2 Å². The van der Waals surface area contributed by atoms with Gasteiger partial charge in [0.15, 0.2) is 16.8 Å². The molecule has 2 aromatic heterocycles. The van der Waals surface area contributed by atoms with Crippen LogP contribution in [0, 0.1) is 13.8 Å². The normalized spacial score (nSPS) is 16.1. The third-order valence-corrected chi connectivity index (χ3v) is 7.75. The number of carbonyl (C=O) groups is 2. The molecule has 1 N–H and O–H groups in total. The van der Waals surface area contributed by atoms with Crippen molar-refractivity contribution in [3.8, 4) is 5.69 Å². The molecule has 0 spiro atoms. The van der Waals surface area contributed by atoms with E-state index in [-0.39, 0.29) is 11.8 Å². The first-order chi connectivity index (χ1) is 16.8. The topological polar surface area (TPSA) is 93.1 Å². The Morgan fingerprint density at radius 3 is 2.40 bits per heavy atom. The van der Waals surface area contributed by atoms with Gasteiger partial charge in [-0.3, -0.25) is 14.3 Å². The lowest BCUT2D eigenvalue weighted by molar-refractivity contribution is 0.0599. The van der Waals surface area contributed by atoms with Crippen molar-refractivity contribution in [2.45, 2.75) is 63.4 Å². The maximum absolute atomic E-state index is 13.4. The Morgan fingerprint density at radius 2 is 1.74 bits per heavy atom. The number of nitrogens with zero attached hydrogens (tertiary/aromatic N) is 4. The zero-order chi connectivity index (χ0) is 25.1. The van der Waals surface area contributed by atoms with Gasteiger partial charge in [-0.1, -0.05) is 36.4 Å². The molecule has 0 bridgehead atoms. The summed E-state index contributed by atoms with van der Waals surface area (Å²) in [5, 5.41) is 9.35. The predicted octanol–water partition coefficient (Wildman–Crippen LogP) is 4.91. The number of aromatic nitrogens is 4. The highest BCUT2D eigenvalue weighted by molar-refractivity contribution is 8.00. The molecule has 3 aromatic rings. The van der Waals surface area contributed by atoms with E-state index in [4.69, 9.17) is 4.74 Å². The van der Waals surface area contributed by atoms with E-state index in [0.717, 1.165) is 24.6 Å². The highest BCUT2D eigenvalue weighted by Gasteiger charge is 2.30. The van der Waals surface area contributed by atoms with E-state index in [1.54, 1.807) is 13.8 Å². The number of benzene rings is 1. The number of methoxy groups -OCH3 is 1. The van der Waals surface area contributed by atoms with E-state index in [2.05, 4.69) is 31.6 Å². The minimum absolute atomic E-state index is 0.0982. The number of hydrogen-bond donors (Lipinski definition) is 1. The number of para-hydroxylation sites is 1. The molecule has 9 heteroatoms. The molecule has 1 fully saturated rings. The van der Waals surface area contributed by atoms with Gasteiger partial charge in [0.2, 0.25) is 0 Å². The Kier molecular flexibility index (Phi) is 7.76. The number of likely N-dealkylation sites (tertiary alicyclic amines) is 1. The fourth-order valence-electron chi connectivity index (χ4n) is 4.74. The second-order valence-corrected chi connectivity index (χ2v) is 10.3. The fraction of sp³-hybridized carbons (Fsp3) is 0.462. The van der Waals surface area contributed by atoms with Crippen molar-refractivity contribution in [2.75, 3.05) is 20.2 Å². The molecule has 1 aliphatic heterocycles. The lowest BCUT2D eigenvalue weighted by Gasteiger charge is -2.31. The lowest BCUT2D eigenvalue weighted by Crippen LogP contribution is -2.33. The average molecular weight is 496 g/mol. The van der Waals surface area contributed by atoms with Crippen LogP contribution >= 0.6 is 11.8 Å². The van der Waals surface area contributed by atoms with Crippen molar-refractivity contribution < 1.29 is 14.3 Å². The molecule has 1 aromatic carbocycles. The molecule has 4 rings (SSSR count). The van der Waals surface area contributed by atoms with Gasteiger partial charge in [-0.05, 0) is 71.3 Å². The van der Waals surface area contributed by atoms with Crippen LogP contribution in [0.15, 0.2) is 35.5 Å². The van der Waals surface area contributed by atoms with Crippen molar-refractivity contribution in [1.82, 2.24) is 24.6 Å². The predicted molar refractivity (Wildman–Crippen MR) is 136 cm³/mol. The number of ketones is 1. The first-order valence-corrected chi connectivity index (χ1v) is 12.9. The van der Waals surface area contributed by atoms with Crippen LogP contribution in [0.25, 0.3) is 5.69 Å². The summed E-state index contributed by atoms with van der Waals surface area (Å²) in [6, 6.07) is 10.1. The van der Waals surface area contributed by atoms with Crippen molar-refractivity contribution in [1.29, 1.82) is 0 Å². The summed E-state index contributed by atoms with van der Waals surface area (Å²) in [5.41, 5.74) is 3.04. The van der Waals surface area contributed by atoms with Gasteiger partial charge in [0.1, 0.15) is 0 Å². The van der Waals surface area contributed by atoms with Crippen LogP contribution in [0.2, 0.25) is 0 Å². The smallest absolute Gasteiger partial charge is 0.339 e. The maximum atomic E-state index is 13.4. The molecule has 0 saturated carbocycles. The number of hydrogen-bond acceptors (Lipinski definition) is 7. The number of ether oxygens (including phenoxy) is 1. The molecule has 1 aliphatic rings. The number of carbonyl (C=O) groups excluding carboxylic acids is 2. The first kappa shape index (κ1) is 25.2. The average Bonchev–Trinajstić information content (AvgIpc) is 3.43. The van der Waals surface area contributed by atoms with E-state index in [9.17, 15) is 9.59 Å². The summed E-state index contributed by atoms with van der Waals surface area (Å²) >= 11 is 1.38. The molecule has 2 atom stereocenters. The fourth-order valence-corrected chi connectivity index (χ4v) is 5.67. The molecule has 0 amide bonds. The molecule has 0 aliphatic carbocycles. The number of piperidine rings is 1. The zero-order valence-corrected chi connectivity index (χ0v) is 21.8. The van der Waals surface area contributed by atoms with Crippen LogP contribution in [0.3, 0.4) is 0 Å². The molecule has 186 valence electrons. The summed E-state index contributed by atoms with van der Waals surface area (Å²) in [4.78, 5) is 31.1. The molecule has 0 unspecified atom stereocenters. The van der Waals surface area contributed by atoms with Crippen LogP contribution in [0.1, 0.15) is 77.1 Å². The zero-order valence-electron chi connectivity index (χ0n) is 21.0. The van der Waals surface area contributed by atoms with Gasteiger partial charge in [-0.25, -0.2) is 4.79 Å². The number of H-pyrrole nitrogens is 1. The molecule has 1 saturated heterocycles. The Hall–Kier alpha value is -2.91. The minimum atomic E-state index is -0.448. The number of aromatic amines is 1. The van der Waals surface area contributed by atoms with Gasteiger partial charge >= 0.3 is 5.97 Å². The minimum Gasteiger partial charge on any atom is -0.465 e. The Morgan fingerprint density at radius 1 is 1.06 bits per heavy atom. The van der Waals surface area contributed by atoms with Crippen molar-refractivity contribution in [2.24, 2.45) is 0 Å². The molecule has 8 nitrogen and oxygen atoms in total. The van der Waals surface area contributed by atoms with Gasteiger partial charge in [-0.2, -0.15) is 0 Å². The number of thioether (sulfide) groups is 1. The third kappa shape index (κ3) is 5.06. The number of esters is 1. The maximum Gasteiger partial charge on any atom is 0.339 e. The highest BCUT2D eigenvalue weighted by atomic mass is 32.2. The van der Waals surface area contributed by atoms with Crippen LogP contribution in [-0.2, 0) is 4.74 Å². The molecule has 3 heterocycles. The van der Waals surface area contributed by atoms with Crippen molar-refractivity contribution in [3.63, 3.8) is 0 Å². The summed E-state index contributed by atoms with van der Waals surface area (Å²) in [7, 11) is 1.34. The number of Topliss-reactive ketones (excluding diaryl/α,β-unsaturated/α-hetero) is 1. The molecule has 35 heavy (non-hydrogen) atoms. The quantitative estimate of drug-likeness (QED) is 0.270. The largest absolute Gasteiger partial charge is 0.465 e. The second kappa shape index (κ2) is 10.8. The van der Waals surface area contributed by atoms with Crippen molar-refractivity contribution >= 4 is 23.5 Å². The van der Waals surface area contributed by atoms with Crippen LogP contribution in [0.4, 0.5) is 0 Å². The number of rotatable bonds is 8. The van der Waals surface area contributed by atoms with Crippen LogP contribution in [-0.4, -0.2) is 61.9 Å². The van der Waals surface area contributed by atoms with E-state index in [1.807, 2.05) is 37.3 Å².